The van der Waals surface area contributed by atoms with Gasteiger partial charge in [0.25, 0.3) is 5.91 Å². The highest BCUT2D eigenvalue weighted by atomic mass is 32.2. The van der Waals surface area contributed by atoms with Crippen LogP contribution in [0.3, 0.4) is 0 Å². The number of hydrogen-bond donors (Lipinski definition) is 1. The maximum absolute atomic E-state index is 13.0. The molecule has 2 aromatic carbocycles. The summed E-state index contributed by atoms with van der Waals surface area (Å²) in [5.41, 5.74) is -0.263. The predicted molar refractivity (Wildman–Crippen MR) is 99.8 cm³/mol. The highest BCUT2D eigenvalue weighted by Gasteiger charge is 2.45. The first kappa shape index (κ1) is 19.9. The third-order valence-corrected chi connectivity index (χ3v) is 7.47. The second-order valence-electron chi connectivity index (χ2n) is 7.51. The lowest BCUT2D eigenvalue weighted by Gasteiger charge is -2.29. The smallest absolute Gasteiger partial charge is 0.345 e. The molecule has 154 valence electrons. The molecular weight excluding hydrogens is 405 g/mol. The Morgan fingerprint density at radius 2 is 1.79 bits per heavy atom. The second-order valence-corrected chi connectivity index (χ2v) is 9.44. The van der Waals surface area contributed by atoms with Crippen LogP contribution in [-0.2, 0) is 22.6 Å². The van der Waals surface area contributed by atoms with E-state index in [0.717, 1.165) is 23.8 Å². The molecule has 1 atom stereocenters. The van der Waals surface area contributed by atoms with Gasteiger partial charge in [0.1, 0.15) is 0 Å². The predicted octanol–water partition coefficient (Wildman–Crippen LogP) is 3.21. The minimum Gasteiger partial charge on any atom is -0.345 e. The summed E-state index contributed by atoms with van der Waals surface area (Å²) in [6.07, 6.45) is -3.04. The fourth-order valence-corrected chi connectivity index (χ4v) is 5.61. The van der Waals surface area contributed by atoms with Gasteiger partial charge in [-0.05, 0) is 49.1 Å². The number of alkyl halides is 3. The number of hydrogen-bond acceptors (Lipinski definition) is 3. The van der Waals surface area contributed by atoms with Crippen LogP contribution >= 0.6 is 0 Å². The van der Waals surface area contributed by atoms with Crippen LogP contribution in [-0.4, -0.2) is 37.3 Å². The summed E-state index contributed by atoms with van der Waals surface area (Å²) in [4.78, 5) is 12.2. The lowest BCUT2D eigenvalue weighted by atomic mass is 9.92. The van der Waals surface area contributed by atoms with Gasteiger partial charge < -0.3 is 5.32 Å². The SMILES string of the molecule is O=C1N[C@@]2(CCc3ccccc31)CCN(S(=O)(=O)c1cccc(C(F)(F)F)c1)C2. The zero-order valence-electron chi connectivity index (χ0n) is 15.4. The van der Waals surface area contributed by atoms with Crippen molar-refractivity contribution < 1.29 is 26.4 Å². The van der Waals surface area contributed by atoms with E-state index in [4.69, 9.17) is 0 Å². The Bertz CT molecular complexity index is 1070. The van der Waals surface area contributed by atoms with Crippen molar-refractivity contribution in [3.05, 3.63) is 65.2 Å². The van der Waals surface area contributed by atoms with Gasteiger partial charge in [0.2, 0.25) is 10.0 Å². The Morgan fingerprint density at radius 3 is 2.55 bits per heavy atom. The monoisotopic (exact) mass is 424 g/mol. The summed E-state index contributed by atoms with van der Waals surface area (Å²) in [6.45, 7) is 0.167. The number of aryl methyl sites for hydroxylation is 1. The van der Waals surface area contributed by atoms with Gasteiger partial charge in [0, 0.05) is 18.7 Å². The number of rotatable bonds is 2. The molecule has 1 spiro atoms. The molecule has 1 fully saturated rings. The summed E-state index contributed by atoms with van der Waals surface area (Å²) in [5.74, 6) is -0.253. The molecule has 2 heterocycles. The van der Waals surface area contributed by atoms with E-state index in [0.29, 0.717) is 30.9 Å². The number of sulfonamides is 1. The van der Waals surface area contributed by atoms with Crippen molar-refractivity contribution in [1.29, 1.82) is 0 Å². The number of carbonyl (C=O) groups excluding carboxylic acids is 1. The van der Waals surface area contributed by atoms with Crippen molar-refractivity contribution in [2.45, 2.75) is 35.9 Å². The van der Waals surface area contributed by atoms with Crippen molar-refractivity contribution in [3.63, 3.8) is 0 Å². The average molecular weight is 424 g/mol. The molecule has 0 radical (unpaired) electrons. The Morgan fingerprint density at radius 1 is 1.03 bits per heavy atom. The summed E-state index contributed by atoms with van der Waals surface area (Å²) in [5, 5.41) is 2.97. The molecule has 2 aliphatic rings. The molecule has 2 aromatic rings. The second kappa shape index (κ2) is 6.84. The van der Waals surface area contributed by atoms with E-state index in [9.17, 15) is 26.4 Å². The minimum atomic E-state index is -4.63. The van der Waals surface area contributed by atoms with E-state index < -0.39 is 32.2 Å². The van der Waals surface area contributed by atoms with E-state index in [1.807, 2.05) is 12.1 Å². The van der Waals surface area contributed by atoms with Crippen LogP contribution in [0.25, 0.3) is 0 Å². The molecule has 9 heteroatoms. The number of nitrogens with zero attached hydrogens (tertiary/aromatic N) is 1. The fourth-order valence-electron chi connectivity index (χ4n) is 4.03. The fraction of sp³-hybridized carbons (Fsp3) is 0.350. The van der Waals surface area contributed by atoms with Crippen LogP contribution in [0.15, 0.2) is 53.4 Å². The molecule has 4 rings (SSSR count). The minimum absolute atomic E-state index is 0.0330. The Hall–Kier alpha value is -2.39. The van der Waals surface area contributed by atoms with Crippen LogP contribution in [0.1, 0.15) is 34.3 Å². The Labute approximate surface area is 166 Å². The molecule has 0 aromatic heterocycles. The molecule has 2 aliphatic heterocycles. The van der Waals surface area contributed by atoms with Crippen molar-refractivity contribution >= 4 is 15.9 Å². The first-order valence-corrected chi connectivity index (χ1v) is 10.6. The lowest BCUT2D eigenvalue weighted by molar-refractivity contribution is -0.137. The van der Waals surface area contributed by atoms with E-state index in [1.54, 1.807) is 12.1 Å². The first-order chi connectivity index (χ1) is 13.6. The number of nitrogens with one attached hydrogen (secondary N) is 1. The maximum Gasteiger partial charge on any atom is 0.416 e. The molecule has 29 heavy (non-hydrogen) atoms. The lowest BCUT2D eigenvalue weighted by Crippen LogP contribution is -2.50. The van der Waals surface area contributed by atoms with Gasteiger partial charge in [0.15, 0.2) is 0 Å². The molecule has 0 bridgehead atoms. The number of amides is 1. The molecular formula is C20H19F3N2O3S. The van der Waals surface area contributed by atoms with Crippen LogP contribution in [0.2, 0.25) is 0 Å². The van der Waals surface area contributed by atoms with Gasteiger partial charge >= 0.3 is 6.18 Å². The van der Waals surface area contributed by atoms with Crippen molar-refractivity contribution in [2.75, 3.05) is 13.1 Å². The zero-order valence-corrected chi connectivity index (χ0v) is 16.2. The standard InChI is InChI=1S/C20H19F3N2O3S/c21-20(22,23)15-5-3-6-16(12-15)29(27,28)25-11-10-19(13-25)9-8-14-4-1-2-7-17(14)18(26)24-19/h1-7,12H,8-11,13H2,(H,24,26)/t19-/m0/s1. The van der Waals surface area contributed by atoms with Crippen LogP contribution in [0.5, 0.6) is 0 Å². The van der Waals surface area contributed by atoms with E-state index in [2.05, 4.69) is 5.32 Å². The number of halogens is 3. The van der Waals surface area contributed by atoms with Gasteiger partial charge in [-0.25, -0.2) is 8.42 Å². The van der Waals surface area contributed by atoms with Gasteiger partial charge in [0.05, 0.1) is 16.0 Å². The third kappa shape index (κ3) is 3.64. The van der Waals surface area contributed by atoms with Crippen LogP contribution in [0.4, 0.5) is 13.2 Å². The number of benzene rings is 2. The first-order valence-electron chi connectivity index (χ1n) is 9.19. The Balaban J connectivity index is 1.59. The van der Waals surface area contributed by atoms with Gasteiger partial charge in [-0.15, -0.1) is 0 Å². The quantitative estimate of drug-likeness (QED) is 0.805. The summed E-state index contributed by atoms with van der Waals surface area (Å²) in [6, 6.07) is 11.0. The van der Waals surface area contributed by atoms with Crippen molar-refractivity contribution in [1.82, 2.24) is 9.62 Å². The van der Waals surface area contributed by atoms with Crippen molar-refractivity contribution in [2.24, 2.45) is 0 Å². The van der Waals surface area contributed by atoms with E-state index in [-0.39, 0.29) is 19.0 Å². The largest absolute Gasteiger partial charge is 0.416 e. The maximum atomic E-state index is 13.0. The summed E-state index contributed by atoms with van der Waals surface area (Å²) >= 11 is 0. The van der Waals surface area contributed by atoms with Gasteiger partial charge in [-0.1, -0.05) is 24.3 Å². The Kier molecular flexibility index (Phi) is 4.70. The molecule has 0 aliphatic carbocycles. The normalized spacial score (nSPS) is 22.9. The number of carbonyl (C=O) groups is 1. The van der Waals surface area contributed by atoms with Gasteiger partial charge in [-0.2, -0.15) is 17.5 Å². The van der Waals surface area contributed by atoms with E-state index in [1.165, 1.54) is 4.31 Å². The molecule has 5 nitrogen and oxygen atoms in total. The highest BCUT2D eigenvalue weighted by molar-refractivity contribution is 7.89. The zero-order chi connectivity index (χ0) is 20.9. The molecule has 0 saturated carbocycles. The van der Waals surface area contributed by atoms with Crippen LogP contribution in [0, 0.1) is 0 Å². The van der Waals surface area contributed by atoms with Crippen molar-refractivity contribution in [3.8, 4) is 0 Å². The molecule has 1 saturated heterocycles. The summed E-state index contributed by atoms with van der Waals surface area (Å²) in [7, 11) is -4.11. The summed E-state index contributed by atoms with van der Waals surface area (Å²) < 4.78 is 66.1. The van der Waals surface area contributed by atoms with E-state index >= 15 is 0 Å². The van der Waals surface area contributed by atoms with Gasteiger partial charge in [-0.3, -0.25) is 4.79 Å². The highest BCUT2D eigenvalue weighted by Crippen LogP contribution is 2.35. The average Bonchev–Trinajstić information content (AvgIpc) is 3.05. The third-order valence-electron chi connectivity index (χ3n) is 5.63. The number of fused-ring (bicyclic) bond motifs is 1. The molecule has 1 amide bonds. The molecule has 0 unspecified atom stereocenters. The molecule has 1 N–H and O–H groups in total. The topological polar surface area (TPSA) is 66.5 Å². The van der Waals surface area contributed by atoms with Crippen LogP contribution < -0.4 is 5.32 Å².